The van der Waals surface area contributed by atoms with Crippen molar-refractivity contribution in [3.05, 3.63) is 59.2 Å². The summed E-state index contributed by atoms with van der Waals surface area (Å²) in [5.41, 5.74) is 3.72. The summed E-state index contributed by atoms with van der Waals surface area (Å²) >= 11 is 2.01. The van der Waals surface area contributed by atoms with E-state index in [-0.39, 0.29) is 5.92 Å². The highest BCUT2D eigenvalue weighted by Gasteiger charge is 2.33. The SMILES string of the molecule is O=CC1=CC=C2CCSC[C@@H]2[C@H]1c1ccccc1. The van der Waals surface area contributed by atoms with E-state index >= 15 is 0 Å². The molecule has 1 fully saturated rings. The van der Waals surface area contributed by atoms with E-state index in [9.17, 15) is 4.79 Å². The minimum absolute atomic E-state index is 0.261. The van der Waals surface area contributed by atoms with Crippen LogP contribution >= 0.6 is 11.8 Å². The monoisotopic (exact) mass is 256 g/mol. The molecule has 0 unspecified atom stereocenters. The molecule has 2 heteroatoms. The van der Waals surface area contributed by atoms with Gasteiger partial charge in [-0.1, -0.05) is 48.1 Å². The summed E-state index contributed by atoms with van der Waals surface area (Å²) in [4.78, 5) is 11.3. The zero-order chi connectivity index (χ0) is 12.4. The number of carbonyl (C=O) groups is 1. The summed E-state index contributed by atoms with van der Waals surface area (Å²) in [5.74, 6) is 3.12. The quantitative estimate of drug-likeness (QED) is 0.752. The Hall–Kier alpha value is -1.28. The van der Waals surface area contributed by atoms with Crippen LogP contribution in [0, 0.1) is 5.92 Å². The summed E-state index contributed by atoms with van der Waals surface area (Å²) in [6.45, 7) is 0. The summed E-state index contributed by atoms with van der Waals surface area (Å²) in [6.07, 6.45) is 6.39. The van der Waals surface area contributed by atoms with Crippen LogP contribution in [0.4, 0.5) is 0 Å². The van der Waals surface area contributed by atoms with Gasteiger partial charge in [-0.25, -0.2) is 0 Å². The third-order valence-corrected chi connectivity index (χ3v) is 4.94. The third-order valence-electron chi connectivity index (χ3n) is 3.85. The van der Waals surface area contributed by atoms with Crippen LogP contribution in [-0.4, -0.2) is 17.8 Å². The van der Waals surface area contributed by atoms with Crippen molar-refractivity contribution >= 4 is 18.0 Å². The Morgan fingerprint density at radius 1 is 1.17 bits per heavy atom. The second-order valence-corrected chi connectivity index (χ2v) is 6.00. The van der Waals surface area contributed by atoms with Gasteiger partial charge in [0, 0.05) is 17.6 Å². The molecule has 1 aliphatic heterocycles. The number of fused-ring (bicyclic) bond motifs is 1. The summed E-state index contributed by atoms with van der Waals surface area (Å²) in [6, 6.07) is 10.4. The molecule has 1 heterocycles. The van der Waals surface area contributed by atoms with E-state index in [2.05, 4.69) is 30.3 Å². The number of thioether (sulfide) groups is 1. The Balaban J connectivity index is 2.02. The Morgan fingerprint density at radius 3 is 2.78 bits per heavy atom. The van der Waals surface area contributed by atoms with Gasteiger partial charge in [-0.15, -0.1) is 0 Å². The predicted octanol–water partition coefficient (Wildman–Crippen LogP) is 3.59. The molecule has 1 nitrogen and oxygen atoms in total. The molecule has 2 atom stereocenters. The van der Waals surface area contributed by atoms with Crippen LogP contribution in [0.5, 0.6) is 0 Å². The molecule has 0 spiro atoms. The molecule has 18 heavy (non-hydrogen) atoms. The van der Waals surface area contributed by atoms with Gasteiger partial charge in [-0.05, 0) is 23.3 Å². The molecule has 1 saturated heterocycles. The number of rotatable bonds is 2. The zero-order valence-corrected chi connectivity index (χ0v) is 11.0. The van der Waals surface area contributed by atoms with E-state index in [1.54, 1.807) is 0 Å². The summed E-state index contributed by atoms with van der Waals surface area (Å²) in [7, 11) is 0. The first kappa shape index (κ1) is 11.8. The molecule has 0 bridgehead atoms. The normalized spacial score (nSPS) is 26.9. The lowest BCUT2D eigenvalue weighted by atomic mass is 9.74. The number of hydrogen-bond acceptors (Lipinski definition) is 2. The molecule has 0 N–H and O–H groups in total. The third kappa shape index (κ3) is 2.05. The zero-order valence-electron chi connectivity index (χ0n) is 10.2. The van der Waals surface area contributed by atoms with E-state index in [4.69, 9.17) is 0 Å². The Morgan fingerprint density at radius 2 is 2.00 bits per heavy atom. The highest BCUT2D eigenvalue weighted by atomic mass is 32.2. The van der Waals surface area contributed by atoms with E-state index < -0.39 is 0 Å². The number of hydrogen-bond donors (Lipinski definition) is 0. The molecule has 1 aliphatic carbocycles. The average molecular weight is 256 g/mol. The molecule has 92 valence electrons. The van der Waals surface area contributed by atoms with Crippen LogP contribution in [0.15, 0.2) is 53.6 Å². The molecule has 0 aromatic heterocycles. The van der Waals surface area contributed by atoms with Crippen molar-refractivity contribution in [2.45, 2.75) is 12.3 Å². The lowest BCUT2D eigenvalue weighted by molar-refractivity contribution is -0.105. The largest absolute Gasteiger partial charge is 0.298 e. The van der Waals surface area contributed by atoms with Gasteiger partial charge in [0.15, 0.2) is 0 Å². The molecule has 1 aromatic carbocycles. The lowest BCUT2D eigenvalue weighted by Gasteiger charge is -2.35. The maximum atomic E-state index is 11.3. The van der Waals surface area contributed by atoms with Gasteiger partial charge in [-0.3, -0.25) is 4.79 Å². The smallest absolute Gasteiger partial charge is 0.146 e. The van der Waals surface area contributed by atoms with Gasteiger partial charge in [0.25, 0.3) is 0 Å². The van der Waals surface area contributed by atoms with Crippen LogP contribution in [0.2, 0.25) is 0 Å². The highest BCUT2D eigenvalue weighted by molar-refractivity contribution is 7.99. The molecule has 0 amide bonds. The maximum Gasteiger partial charge on any atom is 0.146 e. The van der Waals surface area contributed by atoms with Crippen LogP contribution in [0.1, 0.15) is 17.9 Å². The first-order chi connectivity index (χ1) is 8.90. The minimum atomic E-state index is 0.261. The maximum absolute atomic E-state index is 11.3. The number of aldehydes is 1. The van der Waals surface area contributed by atoms with E-state index in [0.29, 0.717) is 5.92 Å². The van der Waals surface area contributed by atoms with Crippen molar-refractivity contribution in [2.24, 2.45) is 5.92 Å². The van der Waals surface area contributed by atoms with Gasteiger partial charge in [0.05, 0.1) is 0 Å². The lowest BCUT2D eigenvalue weighted by Crippen LogP contribution is -2.26. The molecule has 3 rings (SSSR count). The molecule has 2 aliphatic rings. The molecular weight excluding hydrogens is 240 g/mol. The van der Waals surface area contributed by atoms with E-state index in [1.807, 2.05) is 23.9 Å². The fraction of sp³-hybridized carbons (Fsp3) is 0.312. The fourth-order valence-corrected chi connectivity index (χ4v) is 4.15. The van der Waals surface area contributed by atoms with Crippen LogP contribution < -0.4 is 0 Å². The van der Waals surface area contributed by atoms with Crippen LogP contribution in [0.25, 0.3) is 0 Å². The van der Waals surface area contributed by atoms with Gasteiger partial charge in [0.2, 0.25) is 0 Å². The molecule has 1 aromatic rings. The minimum Gasteiger partial charge on any atom is -0.298 e. The van der Waals surface area contributed by atoms with Crippen molar-refractivity contribution in [2.75, 3.05) is 11.5 Å². The Bertz CT molecular complexity index is 501. The average Bonchev–Trinajstić information content (AvgIpc) is 2.47. The first-order valence-corrected chi connectivity index (χ1v) is 7.54. The molecular formula is C16H16OS. The number of carbonyl (C=O) groups excluding carboxylic acids is 1. The predicted molar refractivity (Wildman–Crippen MR) is 76.8 cm³/mol. The van der Waals surface area contributed by atoms with Crippen molar-refractivity contribution in [1.82, 2.24) is 0 Å². The number of allylic oxidation sites excluding steroid dienone is 4. The standard InChI is InChI=1S/C16H16OS/c17-10-14-7-6-12-8-9-18-11-15(12)16(14)13-4-2-1-3-5-13/h1-7,10,15-16H,8-9,11H2/t15-,16-/m0/s1. The van der Waals surface area contributed by atoms with E-state index in [1.165, 1.54) is 23.3 Å². The first-order valence-electron chi connectivity index (χ1n) is 6.38. The highest BCUT2D eigenvalue weighted by Crippen LogP contribution is 2.44. The molecule has 0 radical (unpaired) electrons. The van der Waals surface area contributed by atoms with Gasteiger partial charge < -0.3 is 0 Å². The topological polar surface area (TPSA) is 17.1 Å². The van der Waals surface area contributed by atoms with Gasteiger partial charge in [-0.2, -0.15) is 11.8 Å². The molecule has 0 saturated carbocycles. The number of benzene rings is 1. The summed E-state index contributed by atoms with van der Waals surface area (Å²) in [5, 5.41) is 0. The fourth-order valence-electron chi connectivity index (χ4n) is 2.95. The second kappa shape index (κ2) is 5.15. The second-order valence-electron chi connectivity index (χ2n) is 4.85. The van der Waals surface area contributed by atoms with E-state index in [0.717, 1.165) is 17.6 Å². The van der Waals surface area contributed by atoms with Crippen LogP contribution in [-0.2, 0) is 4.79 Å². The van der Waals surface area contributed by atoms with Crippen molar-refractivity contribution in [1.29, 1.82) is 0 Å². The van der Waals surface area contributed by atoms with Gasteiger partial charge in [0.1, 0.15) is 6.29 Å². The van der Waals surface area contributed by atoms with Gasteiger partial charge >= 0.3 is 0 Å². The van der Waals surface area contributed by atoms with Crippen LogP contribution in [0.3, 0.4) is 0 Å². The van der Waals surface area contributed by atoms with Crippen molar-refractivity contribution in [3.63, 3.8) is 0 Å². The van der Waals surface area contributed by atoms with Crippen molar-refractivity contribution in [3.8, 4) is 0 Å². The van der Waals surface area contributed by atoms with Crippen molar-refractivity contribution < 1.29 is 4.79 Å². The Kier molecular flexibility index (Phi) is 3.37. The Labute approximate surface area is 112 Å². The summed E-state index contributed by atoms with van der Waals surface area (Å²) < 4.78 is 0.